The van der Waals surface area contributed by atoms with Crippen molar-refractivity contribution in [1.29, 1.82) is 0 Å². The number of hydrogen-bond acceptors (Lipinski definition) is 2. The van der Waals surface area contributed by atoms with Gasteiger partial charge in [0.1, 0.15) is 0 Å². The lowest BCUT2D eigenvalue weighted by Gasteiger charge is -2.27. The number of benzene rings is 1. The summed E-state index contributed by atoms with van der Waals surface area (Å²) in [6.07, 6.45) is -4.17. The highest BCUT2D eigenvalue weighted by Crippen LogP contribution is 2.20. The number of halogens is 3. The molecule has 1 aromatic rings. The zero-order valence-electron chi connectivity index (χ0n) is 10.7. The van der Waals surface area contributed by atoms with E-state index in [1.165, 1.54) is 4.90 Å². The highest BCUT2D eigenvalue weighted by molar-refractivity contribution is 5.23. The minimum atomic E-state index is -4.17. The highest BCUT2D eigenvalue weighted by atomic mass is 19.4. The van der Waals surface area contributed by atoms with Crippen LogP contribution in [0.4, 0.5) is 13.2 Å². The second kappa shape index (κ2) is 6.20. The molecule has 0 atom stereocenters. The van der Waals surface area contributed by atoms with Gasteiger partial charge in [-0.15, -0.1) is 0 Å². The normalized spacial score (nSPS) is 12.4. The molecule has 1 aromatic carbocycles. The maximum Gasteiger partial charge on any atom is 0.401 e. The lowest BCUT2D eigenvalue weighted by molar-refractivity contribution is -0.150. The summed E-state index contributed by atoms with van der Waals surface area (Å²) in [6, 6.07) is 7.21. The van der Waals surface area contributed by atoms with E-state index in [1.807, 2.05) is 24.3 Å². The van der Waals surface area contributed by atoms with Crippen molar-refractivity contribution in [3.05, 3.63) is 35.4 Å². The molecule has 0 amide bonds. The third kappa shape index (κ3) is 5.06. The Hall–Kier alpha value is -1.07. The second-order valence-corrected chi connectivity index (χ2v) is 4.64. The van der Waals surface area contributed by atoms with Crippen LogP contribution in [0.1, 0.15) is 25.0 Å². The SMILES string of the molecule is CC(C)N(Cc1cccc(CN)c1)CC(F)(F)F. The molecule has 1 rings (SSSR count). The summed E-state index contributed by atoms with van der Waals surface area (Å²) >= 11 is 0. The van der Waals surface area contributed by atoms with Gasteiger partial charge in [-0.2, -0.15) is 13.2 Å². The number of alkyl halides is 3. The van der Waals surface area contributed by atoms with E-state index >= 15 is 0 Å². The Kier molecular flexibility index (Phi) is 5.16. The Labute approximate surface area is 106 Å². The van der Waals surface area contributed by atoms with Crippen LogP contribution in [0.3, 0.4) is 0 Å². The summed E-state index contributed by atoms with van der Waals surface area (Å²) in [4.78, 5) is 1.40. The average molecular weight is 260 g/mol. The molecule has 2 N–H and O–H groups in total. The van der Waals surface area contributed by atoms with Gasteiger partial charge in [0.05, 0.1) is 6.54 Å². The van der Waals surface area contributed by atoms with E-state index < -0.39 is 12.7 Å². The van der Waals surface area contributed by atoms with Crippen LogP contribution in [0.5, 0.6) is 0 Å². The predicted octanol–water partition coefficient (Wildman–Crippen LogP) is 2.92. The molecule has 102 valence electrons. The molecule has 0 aliphatic heterocycles. The van der Waals surface area contributed by atoms with E-state index in [9.17, 15) is 13.2 Å². The first-order valence-electron chi connectivity index (χ1n) is 5.90. The van der Waals surface area contributed by atoms with Crippen molar-refractivity contribution in [1.82, 2.24) is 4.90 Å². The average Bonchev–Trinajstić information content (AvgIpc) is 2.26. The molecule has 0 spiro atoms. The van der Waals surface area contributed by atoms with Gasteiger partial charge in [0.25, 0.3) is 0 Å². The zero-order valence-corrected chi connectivity index (χ0v) is 10.7. The maximum atomic E-state index is 12.5. The topological polar surface area (TPSA) is 29.3 Å². The van der Waals surface area contributed by atoms with Crippen LogP contribution in [-0.2, 0) is 13.1 Å². The third-order valence-corrected chi connectivity index (χ3v) is 2.73. The van der Waals surface area contributed by atoms with Crippen molar-refractivity contribution in [2.45, 2.75) is 39.2 Å². The van der Waals surface area contributed by atoms with E-state index in [1.54, 1.807) is 13.8 Å². The predicted molar refractivity (Wildman–Crippen MR) is 65.9 cm³/mol. The lowest BCUT2D eigenvalue weighted by atomic mass is 10.1. The van der Waals surface area contributed by atoms with E-state index in [0.29, 0.717) is 6.54 Å². The molecule has 18 heavy (non-hydrogen) atoms. The number of rotatable bonds is 5. The Morgan fingerprint density at radius 2 is 1.83 bits per heavy atom. The second-order valence-electron chi connectivity index (χ2n) is 4.64. The van der Waals surface area contributed by atoms with Crippen LogP contribution in [0.25, 0.3) is 0 Å². The smallest absolute Gasteiger partial charge is 0.326 e. The first-order valence-corrected chi connectivity index (χ1v) is 5.90. The largest absolute Gasteiger partial charge is 0.401 e. The van der Waals surface area contributed by atoms with Crippen molar-refractivity contribution < 1.29 is 13.2 Å². The van der Waals surface area contributed by atoms with Crippen LogP contribution in [-0.4, -0.2) is 23.7 Å². The molecule has 0 fully saturated rings. The van der Waals surface area contributed by atoms with Gasteiger partial charge in [-0.1, -0.05) is 24.3 Å². The van der Waals surface area contributed by atoms with Gasteiger partial charge in [-0.05, 0) is 25.0 Å². The fraction of sp³-hybridized carbons (Fsp3) is 0.538. The molecule has 0 bridgehead atoms. The summed E-state index contributed by atoms with van der Waals surface area (Å²) in [5.41, 5.74) is 7.31. The Bertz CT molecular complexity index is 375. The molecule has 0 unspecified atom stereocenters. The Morgan fingerprint density at radius 1 is 1.22 bits per heavy atom. The first-order chi connectivity index (χ1) is 8.31. The van der Waals surface area contributed by atoms with Crippen molar-refractivity contribution in [3.63, 3.8) is 0 Å². The minimum absolute atomic E-state index is 0.159. The molecule has 0 heterocycles. The standard InChI is InChI=1S/C13H19F3N2/c1-10(2)18(9-13(14,15)16)8-12-5-3-4-11(6-12)7-17/h3-6,10H,7-9,17H2,1-2H3. The summed E-state index contributed by atoms with van der Waals surface area (Å²) in [5, 5.41) is 0. The van der Waals surface area contributed by atoms with E-state index in [0.717, 1.165) is 11.1 Å². The van der Waals surface area contributed by atoms with Crippen LogP contribution in [0.15, 0.2) is 24.3 Å². The van der Waals surface area contributed by atoms with Crippen LogP contribution >= 0.6 is 0 Å². The Balaban J connectivity index is 2.76. The summed E-state index contributed by atoms with van der Waals surface area (Å²) in [5.74, 6) is 0. The zero-order chi connectivity index (χ0) is 13.8. The van der Waals surface area contributed by atoms with Gasteiger partial charge in [-0.3, -0.25) is 4.90 Å². The monoisotopic (exact) mass is 260 g/mol. The maximum absolute atomic E-state index is 12.5. The fourth-order valence-corrected chi connectivity index (χ4v) is 1.74. The number of nitrogens with zero attached hydrogens (tertiary/aromatic N) is 1. The van der Waals surface area contributed by atoms with Gasteiger partial charge in [-0.25, -0.2) is 0 Å². The molecule has 0 aromatic heterocycles. The first kappa shape index (κ1) is 15.0. The highest BCUT2D eigenvalue weighted by Gasteiger charge is 2.31. The molecule has 0 aliphatic rings. The van der Waals surface area contributed by atoms with E-state index in [4.69, 9.17) is 5.73 Å². The number of nitrogens with two attached hydrogens (primary N) is 1. The van der Waals surface area contributed by atoms with Gasteiger partial charge in [0.2, 0.25) is 0 Å². The molecule has 0 radical (unpaired) electrons. The van der Waals surface area contributed by atoms with Crippen molar-refractivity contribution >= 4 is 0 Å². The molecule has 2 nitrogen and oxygen atoms in total. The van der Waals surface area contributed by atoms with Gasteiger partial charge in [0.15, 0.2) is 0 Å². The summed E-state index contributed by atoms with van der Waals surface area (Å²) in [7, 11) is 0. The molecule has 0 saturated heterocycles. The van der Waals surface area contributed by atoms with Gasteiger partial charge in [0, 0.05) is 19.1 Å². The third-order valence-electron chi connectivity index (χ3n) is 2.73. The van der Waals surface area contributed by atoms with Crippen LogP contribution < -0.4 is 5.73 Å². The molecular weight excluding hydrogens is 241 g/mol. The van der Waals surface area contributed by atoms with Gasteiger partial charge < -0.3 is 5.73 Å². The van der Waals surface area contributed by atoms with Crippen LogP contribution in [0.2, 0.25) is 0 Å². The van der Waals surface area contributed by atoms with Crippen molar-refractivity contribution in [2.24, 2.45) is 5.73 Å². The molecular formula is C13H19F3N2. The van der Waals surface area contributed by atoms with E-state index in [-0.39, 0.29) is 12.6 Å². The van der Waals surface area contributed by atoms with Crippen molar-refractivity contribution in [2.75, 3.05) is 6.54 Å². The van der Waals surface area contributed by atoms with Gasteiger partial charge >= 0.3 is 6.18 Å². The van der Waals surface area contributed by atoms with Crippen LogP contribution in [0, 0.1) is 0 Å². The fourth-order valence-electron chi connectivity index (χ4n) is 1.74. The summed E-state index contributed by atoms with van der Waals surface area (Å²) in [6.45, 7) is 3.31. The Morgan fingerprint density at radius 3 is 2.33 bits per heavy atom. The quantitative estimate of drug-likeness (QED) is 0.882. The number of hydrogen-bond donors (Lipinski definition) is 1. The minimum Gasteiger partial charge on any atom is -0.326 e. The summed E-state index contributed by atoms with van der Waals surface area (Å²) < 4.78 is 37.4. The van der Waals surface area contributed by atoms with E-state index in [2.05, 4.69) is 0 Å². The lowest BCUT2D eigenvalue weighted by Crippen LogP contribution is -2.38. The molecule has 0 aliphatic carbocycles. The molecule has 5 heteroatoms. The van der Waals surface area contributed by atoms with Crippen molar-refractivity contribution in [3.8, 4) is 0 Å². The molecule has 0 saturated carbocycles.